The van der Waals surface area contributed by atoms with Crippen molar-refractivity contribution in [2.45, 2.75) is 18.2 Å². The Balaban J connectivity index is 2.18. The van der Waals surface area contributed by atoms with Crippen molar-refractivity contribution in [1.29, 1.82) is 0 Å². The van der Waals surface area contributed by atoms with Crippen molar-refractivity contribution < 1.29 is 4.79 Å². The molecule has 0 saturated heterocycles. The lowest BCUT2D eigenvalue weighted by Crippen LogP contribution is -2.12. The van der Waals surface area contributed by atoms with E-state index in [-0.39, 0.29) is 5.91 Å². The van der Waals surface area contributed by atoms with Crippen LogP contribution < -0.4 is 11.1 Å². The van der Waals surface area contributed by atoms with Crippen LogP contribution in [0.4, 0.5) is 11.4 Å². The van der Waals surface area contributed by atoms with Crippen LogP contribution in [0, 0.1) is 0 Å². The number of rotatable bonds is 5. The third kappa shape index (κ3) is 4.30. The van der Waals surface area contributed by atoms with Crippen LogP contribution in [-0.2, 0) is 0 Å². The summed E-state index contributed by atoms with van der Waals surface area (Å²) in [6.45, 7) is 2.12. The third-order valence-corrected chi connectivity index (χ3v) is 5.33. The van der Waals surface area contributed by atoms with Crippen LogP contribution in [-0.4, -0.2) is 11.7 Å². The zero-order chi connectivity index (χ0) is 15.4. The molecular weight excluding hydrogens is 347 g/mol. The number of nitrogen functional groups attached to an aromatic ring is 1. The molecule has 1 heterocycles. The van der Waals surface area contributed by atoms with Gasteiger partial charge < -0.3 is 11.1 Å². The van der Waals surface area contributed by atoms with Crippen molar-refractivity contribution in [3.05, 3.63) is 38.5 Å². The summed E-state index contributed by atoms with van der Waals surface area (Å²) in [5.41, 5.74) is 7.36. The predicted molar refractivity (Wildman–Crippen MR) is 94.2 cm³/mol. The molecule has 112 valence electrons. The van der Waals surface area contributed by atoms with Crippen molar-refractivity contribution in [1.82, 2.24) is 0 Å². The lowest BCUT2D eigenvalue weighted by atomic mass is 10.2. The number of hydrogen-bond donors (Lipinski definition) is 2. The van der Waals surface area contributed by atoms with E-state index in [9.17, 15) is 4.79 Å². The van der Waals surface area contributed by atoms with Gasteiger partial charge in [-0.15, -0.1) is 23.1 Å². The highest BCUT2D eigenvalue weighted by molar-refractivity contribution is 7.99. The Morgan fingerprint density at radius 3 is 2.76 bits per heavy atom. The number of hydrogen-bond acceptors (Lipinski definition) is 4. The highest BCUT2D eigenvalue weighted by atomic mass is 35.5. The maximum atomic E-state index is 12.2. The van der Waals surface area contributed by atoms with Crippen LogP contribution in [0.3, 0.4) is 0 Å². The van der Waals surface area contributed by atoms with Gasteiger partial charge in [-0.3, -0.25) is 4.79 Å². The molecule has 7 heteroatoms. The van der Waals surface area contributed by atoms with E-state index in [1.165, 1.54) is 0 Å². The molecule has 2 rings (SSSR count). The molecular formula is C14H14Cl2N2OS2. The van der Waals surface area contributed by atoms with Crippen molar-refractivity contribution in [3.63, 3.8) is 0 Å². The fourth-order valence-corrected chi connectivity index (χ4v) is 3.90. The Morgan fingerprint density at radius 2 is 2.14 bits per heavy atom. The second-order valence-electron chi connectivity index (χ2n) is 4.29. The minimum atomic E-state index is -0.313. The highest BCUT2D eigenvalue weighted by Gasteiger charge is 2.15. The number of thioether (sulfide) groups is 1. The zero-order valence-corrected chi connectivity index (χ0v) is 14.4. The van der Waals surface area contributed by atoms with E-state index in [0.29, 0.717) is 25.6 Å². The summed E-state index contributed by atoms with van der Waals surface area (Å²) in [5.74, 6) is 0.705. The first-order valence-electron chi connectivity index (χ1n) is 6.29. The van der Waals surface area contributed by atoms with E-state index < -0.39 is 0 Å². The minimum Gasteiger partial charge on any atom is -0.397 e. The van der Waals surface area contributed by atoms with Crippen LogP contribution >= 0.6 is 46.3 Å². The topological polar surface area (TPSA) is 55.1 Å². The molecule has 3 N–H and O–H groups in total. The summed E-state index contributed by atoms with van der Waals surface area (Å²) in [4.78, 5) is 13.3. The maximum absolute atomic E-state index is 12.2. The standard InChI is InChI=1S/C14H14Cl2N2OS2/c1-2-5-20-8-3-4-10(17)11(6-8)18-14(19)9-7-12(15)21-13(9)16/h3-4,6-7H,2,5,17H2,1H3,(H,18,19). The van der Waals surface area contributed by atoms with E-state index in [4.69, 9.17) is 28.9 Å². The van der Waals surface area contributed by atoms with E-state index >= 15 is 0 Å². The first-order chi connectivity index (χ1) is 10.0. The zero-order valence-electron chi connectivity index (χ0n) is 11.3. The average Bonchev–Trinajstić information content (AvgIpc) is 2.78. The highest BCUT2D eigenvalue weighted by Crippen LogP contribution is 2.33. The fraction of sp³-hybridized carbons (Fsp3) is 0.214. The molecule has 0 unspecified atom stereocenters. The Bertz CT molecular complexity index is 658. The number of carbonyl (C=O) groups excluding carboxylic acids is 1. The van der Waals surface area contributed by atoms with Crippen molar-refractivity contribution in [2.24, 2.45) is 0 Å². The molecule has 0 bridgehead atoms. The lowest BCUT2D eigenvalue weighted by molar-refractivity contribution is 0.102. The molecule has 1 aromatic heterocycles. The second-order valence-corrected chi connectivity index (χ2v) is 7.74. The predicted octanol–water partition coefficient (Wildman–Crippen LogP) is 5.39. The molecule has 3 nitrogen and oxygen atoms in total. The number of anilines is 2. The maximum Gasteiger partial charge on any atom is 0.258 e. The number of nitrogens with two attached hydrogens (primary N) is 1. The number of benzene rings is 1. The van der Waals surface area contributed by atoms with Gasteiger partial charge >= 0.3 is 0 Å². The van der Waals surface area contributed by atoms with Crippen molar-refractivity contribution >= 4 is 63.6 Å². The van der Waals surface area contributed by atoms with E-state index in [1.807, 2.05) is 12.1 Å². The van der Waals surface area contributed by atoms with Gasteiger partial charge in [-0.2, -0.15) is 0 Å². The Morgan fingerprint density at radius 1 is 1.38 bits per heavy atom. The second kappa shape index (κ2) is 7.40. The average molecular weight is 361 g/mol. The molecule has 0 atom stereocenters. The smallest absolute Gasteiger partial charge is 0.258 e. The number of amides is 1. The van der Waals surface area contributed by atoms with E-state index in [0.717, 1.165) is 28.4 Å². The summed E-state index contributed by atoms with van der Waals surface area (Å²) >= 11 is 14.7. The van der Waals surface area contributed by atoms with Gasteiger partial charge in [-0.25, -0.2) is 0 Å². The van der Waals surface area contributed by atoms with Gasteiger partial charge in [0.25, 0.3) is 5.91 Å². The number of thiophene rings is 1. The molecule has 0 spiro atoms. The number of nitrogens with one attached hydrogen (secondary N) is 1. The largest absolute Gasteiger partial charge is 0.397 e. The van der Waals surface area contributed by atoms with Gasteiger partial charge in [0.15, 0.2) is 0 Å². The Labute approximate surface area is 141 Å². The first kappa shape index (κ1) is 16.5. The molecule has 0 aliphatic heterocycles. The normalized spacial score (nSPS) is 10.6. The molecule has 0 fully saturated rings. The SMILES string of the molecule is CCCSc1ccc(N)c(NC(=O)c2cc(Cl)sc2Cl)c1. The van der Waals surface area contributed by atoms with Crippen LogP contribution in [0.15, 0.2) is 29.2 Å². The van der Waals surface area contributed by atoms with Gasteiger partial charge in [0, 0.05) is 4.90 Å². The van der Waals surface area contributed by atoms with Crippen LogP contribution in [0.5, 0.6) is 0 Å². The quantitative estimate of drug-likeness (QED) is 0.554. The van der Waals surface area contributed by atoms with Gasteiger partial charge in [0.1, 0.15) is 4.34 Å². The summed E-state index contributed by atoms with van der Waals surface area (Å²) in [7, 11) is 0. The monoisotopic (exact) mass is 360 g/mol. The summed E-state index contributed by atoms with van der Waals surface area (Å²) < 4.78 is 0.845. The third-order valence-electron chi connectivity index (χ3n) is 2.65. The van der Waals surface area contributed by atoms with Gasteiger partial charge in [-0.1, -0.05) is 30.1 Å². The lowest BCUT2D eigenvalue weighted by Gasteiger charge is -2.10. The molecule has 0 aliphatic rings. The number of carbonyl (C=O) groups is 1. The van der Waals surface area contributed by atoms with Gasteiger partial charge in [-0.05, 0) is 36.4 Å². The summed E-state index contributed by atoms with van der Waals surface area (Å²) in [6.07, 6.45) is 1.08. The van der Waals surface area contributed by atoms with Gasteiger partial charge in [0.05, 0.1) is 21.3 Å². The first-order valence-corrected chi connectivity index (χ1v) is 8.85. The molecule has 1 aromatic carbocycles. The number of halogens is 2. The Hall–Kier alpha value is -0.880. The molecule has 0 aliphatic carbocycles. The summed E-state index contributed by atoms with van der Waals surface area (Å²) in [6, 6.07) is 7.15. The molecule has 1 amide bonds. The minimum absolute atomic E-state index is 0.313. The van der Waals surface area contributed by atoms with Gasteiger partial charge in [0.2, 0.25) is 0 Å². The van der Waals surface area contributed by atoms with E-state index in [2.05, 4.69) is 12.2 Å². The van der Waals surface area contributed by atoms with E-state index in [1.54, 1.807) is 23.9 Å². The fourth-order valence-electron chi connectivity index (χ4n) is 1.64. The molecule has 21 heavy (non-hydrogen) atoms. The van der Waals surface area contributed by atoms with Crippen molar-refractivity contribution in [3.8, 4) is 0 Å². The van der Waals surface area contributed by atoms with Crippen molar-refractivity contribution in [2.75, 3.05) is 16.8 Å². The van der Waals surface area contributed by atoms with Crippen LogP contribution in [0.1, 0.15) is 23.7 Å². The molecule has 2 aromatic rings. The Kier molecular flexibility index (Phi) is 5.81. The van der Waals surface area contributed by atoms with Crippen LogP contribution in [0.2, 0.25) is 8.67 Å². The van der Waals surface area contributed by atoms with Crippen LogP contribution in [0.25, 0.3) is 0 Å². The molecule has 0 saturated carbocycles. The summed E-state index contributed by atoms with van der Waals surface area (Å²) in [5, 5.41) is 2.78. The molecule has 0 radical (unpaired) electrons.